The lowest BCUT2D eigenvalue weighted by Gasteiger charge is -2.42. The first-order valence-electron chi connectivity index (χ1n) is 11.2. The van der Waals surface area contributed by atoms with Gasteiger partial charge in [-0.15, -0.1) is 0 Å². The van der Waals surface area contributed by atoms with Crippen molar-refractivity contribution in [3.63, 3.8) is 0 Å². The van der Waals surface area contributed by atoms with Crippen LogP contribution in [0, 0.1) is 10.1 Å². The van der Waals surface area contributed by atoms with Gasteiger partial charge in [0.15, 0.2) is 23.0 Å². The van der Waals surface area contributed by atoms with Gasteiger partial charge in [0.25, 0.3) is 11.6 Å². The van der Waals surface area contributed by atoms with Gasteiger partial charge in [-0.25, -0.2) is 4.79 Å². The lowest BCUT2D eigenvalue weighted by molar-refractivity contribution is -0.384. The minimum Gasteiger partial charge on any atom is -0.493 e. The van der Waals surface area contributed by atoms with Crippen molar-refractivity contribution in [2.24, 2.45) is 0 Å². The van der Waals surface area contributed by atoms with Gasteiger partial charge in [0.2, 0.25) is 5.75 Å². The number of β-lactam (4-membered cyclic amide) rings is 1. The second kappa shape index (κ2) is 10.5. The highest BCUT2D eigenvalue weighted by Crippen LogP contribution is 2.48. The fraction of sp³-hybridized carbons (Fsp3) is 0.185. The average Bonchev–Trinajstić information content (AvgIpc) is 2.94. The second-order valence-corrected chi connectivity index (χ2v) is 8.09. The van der Waals surface area contributed by atoms with Crippen LogP contribution in [-0.2, 0) is 4.79 Å². The summed E-state index contributed by atoms with van der Waals surface area (Å²) in [5.41, 5.74) is 1.39. The molecule has 1 aliphatic rings. The summed E-state index contributed by atoms with van der Waals surface area (Å²) in [6, 6.07) is 12.7. The molecule has 0 unspecified atom stereocenters. The molecular formula is C27H24N2O9. The molecule has 0 aliphatic carbocycles. The van der Waals surface area contributed by atoms with E-state index in [2.05, 4.69) is 6.58 Å². The van der Waals surface area contributed by atoms with Gasteiger partial charge in [0.1, 0.15) is 0 Å². The predicted octanol–water partition coefficient (Wildman–Crippen LogP) is 4.49. The van der Waals surface area contributed by atoms with Crippen molar-refractivity contribution in [3.05, 3.63) is 88.0 Å². The number of methoxy groups -OCH3 is 4. The molecule has 0 radical (unpaired) electrons. The van der Waals surface area contributed by atoms with E-state index in [-0.39, 0.29) is 28.7 Å². The van der Waals surface area contributed by atoms with Crippen molar-refractivity contribution >= 4 is 23.3 Å². The molecule has 1 atom stereocenters. The van der Waals surface area contributed by atoms with E-state index >= 15 is 0 Å². The number of carbonyl (C=O) groups excluding carboxylic acids is 2. The Morgan fingerprint density at radius 3 is 2.00 bits per heavy atom. The highest BCUT2D eigenvalue weighted by Gasteiger charge is 2.43. The van der Waals surface area contributed by atoms with E-state index in [4.69, 9.17) is 23.7 Å². The molecule has 1 fully saturated rings. The highest BCUT2D eigenvalue weighted by molar-refractivity contribution is 6.15. The number of carbonyl (C=O) groups is 2. The number of rotatable bonds is 9. The van der Waals surface area contributed by atoms with Crippen LogP contribution in [0.3, 0.4) is 0 Å². The number of amides is 1. The summed E-state index contributed by atoms with van der Waals surface area (Å²) >= 11 is 0. The van der Waals surface area contributed by atoms with Crippen LogP contribution in [0.1, 0.15) is 22.0 Å². The molecule has 0 bridgehead atoms. The number of nitro groups is 1. The Bertz CT molecular complexity index is 1410. The number of nitro benzene ring substituents is 1. The normalized spacial score (nSPS) is 14.4. The Morgan fingerprint density at radius 2 is 1.47 bits per heavy atom. The molecule has 3 aromatic rings. The standard InChI is InChI=1S/C27H24N2O9/c1-15-24(28(26(15)30)19-13-22(35-3)25(37-5)23(14-19)36-4)17-8-11-20(34-2)21(12-17)38-27(31)16-6-9-18(10-7-16)29(32)33/h6-14,24H,1H2,2-5H3/t24-/m1/s1. The third-order valence-corrected chi connectivity index (χ3v) is 6.03. The van der Waals surface area contributed by atoms with Gasteiger partial charge in [0.05, 0.1) is 50.7 Å². The van der Waals surface area contributed by atoms with Gasteiger partial charge in [-0.3, -0.25) is 19.8 Å². The Morgan fingerprint density at radius 1 is 0.868 bits per heavy atom. The molecule has 0 spiro atoms. The molecular weight excluding hydrogens is 496 g/mol. The van der Waals surface area contributed by atoms with Crippen molar-refractivity contribution in [2.45, 2.75) is 6.04 Å². The molecule has 11 nitrogen and oxygen atoms in total. The molecule has 0 aromatic heterocycles. The van der Waals surface area contributed by atoms with Gasteiger partial charge in [-0.1, -0.05) is 12.6 Å². The Kier molecular flexibility index (Phi) is 7.19. The van der Waals surface area contributed by atoms with E-state index in [9.17, 15) is 19.7 Å². The molecule has 0 N–H and O–H groups in total. The van der Waals surface area contributed by atoms with Crippen molar-refractivity contribution in [3.8, 4) is 28.7 Å². The number of ether oxygens (including phenoxy) is 5. The van der Waals surface area contributed by atoms with E-state index in [1.54, 1.807) is 30.3 Å². The zero-order chi connectivity index (χ0) is 27.6. The largest absolute Gasteiger partial charge is 0.493 e. The van der Waals surface area contributed by atoms with Crippen molar-refractivity contribution in [2.75, 3.05) is 33.3 Å². The third-order valence-electron chi connectivity index (χ3n) is 6.03. The van der Waals surface area contributed by atoms with Crippen LogP contribution in [0.2, 0.25) is 0 Å². The van der Waals surface area contributed by atoms with Crippen LogP contribution < -0.4 is 28.6 Å². The zero-order valence-corrected chi connectivity index (χ0v) is 21.0. The van der Waals surface area contributed by atoms with Crippen LogP contribution in [0.4, 0.5) is 11.4 Å². The van der Waals surface area contributed by atoms with Gasteiger partial charge >= 0.3 is 5.97 Å². The molecule has 1 amide bonds. The minimum atomic E-state index is -0.736. The fourth-order valence-electron chi connectivity index (χ4n) is 4.12. The van der Waals surface area contributed by atoms with E-state index in [0.29, 0.717) is 34.1 Å². The van der Waals surface area contributed by atoms with Gasteiger partial charge in [-0.2, -0.15) is 0 Å². The second-order valence-electron chi connectivity index (χ2n) is 8.09. The fourth-order valence-corrected chi connectivity index (χ4v) is 4.12. The number of anilines is 1. The first kappa shape index (κ1) is 26.0. The summed E-state index contributed by atoms with van der Waals surface area (Å²) in [7, 11) is 5.86. The summed E-state index contributed by atoms with van der Waals surface area (Å²) in [5.74, 6) is 0.471. The van der Waals surface area contributed by atoms with Crippen molar-refractivity contribution < 1.29 is 38.2 Å². The van der Waals surface area contributed by atoms with E-state index in [0.717, 1.165) is 0 Å². The first-order chi connectivity index (χ1) is 18.2. The maximum absolute atomic E-state index is 12.9. The van der Waals surface area contributed by atoms with E-state index in [1.807, 2.05) is 0 Å². The average molecular weight is 520 g/mol. The van der Waals surface area contributed by atoms with Crippen molar-refractivity contribution in [1.29, 1.82) is 0 Å². The topological polar surface area (TPSA) is 127 Å². The van der Waals surface area contributed by atoms with Crippen LogP contribution in [-0.4, -0.2) is 45.2 Å². The molecule has 11 heteroatoms. The van der Waals surface area contributed by atoms with Gasteiger partial charge in [0, 0.05) is 29.8 Å². The lowest BCUT2D eigenvalue weighted by Crippen LogP contribution is -2.48. The monoisotopic (exact) mass is 520 g/mol. The smallest absolute Gasteiger partial charge is 0.343 e. The molecule has 0 saturated carbocycles. The molecule has 1 aliphatic heterocycles. The zero-order valence-electron chi connectivity index (χ0n) is 21.0. The Balaban J connectivity index is 1.68. The molecule has 3 aromatic carbocycles. The van der Waals surface area contributed by atoms with E-state index in [1.165, 1.54) is 57.6 Å². The molecule has 1 saturated heterocycles. The summed E-state index contributed by atoms with van der Waals surface area (Å²) in [4.78, 5) is 37.5. The minimum absolute atomic E-state index is 0.102. The molecule has 4 rings (SSSR count). The summed E-state index contributed by atoms with van der Waals surface area (Å²) < 4.78 is 27.1. The number of benzene rings is 3. The Labute approximate surface area is 217 Å². The van der Waals surface area contributed by atoms with Crippen LogP contribution >= 0.6 is 0 Å². The number of nitrogens with zero attached hydrogens (tertiary/aromatic N) is 2. The third kappa shape index (κ3) is 4.57. The van der Waals surface area contributed by atoms with Gasteiger partial charge < -0.3 is 23.7 Å². The quantitative estimate of drug-likeness (QED) is 0.100. The maximum atomic E-state index is 12.9. The number of hydrogen-bond acceptors (Lipinski definition) is 9. The molecule has 38 heavy (non-hydrogen) atoms. The summed E-state index contributed by atoms with van der Waals surface area (Å²) in [6.07, 6.45) is 0. The lowest BCUT2D eigenvalue weighted by atomic mass is 9.88. The van der Waals surface area contributed by atoms with Crippen LogP contribution in [0.15, 0.2) is 66.7 Å². The van der Waals surface area contributed by atoms with Crippen molar-refractivity contribution in [1.82, 2.24) is 0 Å². The number of hydrogen-bond donors (Lipinski definition) is 0. The molecule has 196 valence electrons. The molecule has 1 heterocycles. The van der Waals surface area contributed by atoms with Crippen LogP contribution in [0.25, 0.3) is 0 Å². The Hall–Kier alpha value is -5.06. The predicted molar refractivity (Wildman–Crippen MR) is 137 cm³/mol. The number of esters is 1. The first-order valence-corrected chi connectivity index (χ1v) is 11.2. The summed E-state index contributed by atoms with van der Waals surface area (Å²) in [6.45, 7) is 3.92. The maximum Gasteiger partial charge on any atom is 0.343 e. The summed E-state index contributed by atoms with van der Waals surface area (Å²) in [5, 5.41) is 10.9. The number of non-ortho nitro benzene ring substituents is 1. The highest BCUT2D eigenvalue weighted by atomic mass is 16.6. The van der Waals surface area contributed by atoms with Gasteiger partial charge in [-0.05, 0) is 29.8 Å². The van der Waals surface area contributed by atoms with E-state index < -0.39 is 16.9 Å². The SMILES string of the molecule is C=C1C(=O)N(c2cc(OC)c(OC)c(OC)c2)[C@H]1c1ccc(OC)c(OC(=O)c2ccc([N+](=O)[O-])cc2)c1. The van der Waals surface area contributed by atoms with Crippen LogP contribution in [0.5, 0.6) is 28.7 Å².